The van der Waals surface area contributed by atoms with Crippen LogP contribution in [0, 0.1) is 0 Å². The number of hydrogen-bond donors (Lipinski definition) is 0. The number of amides is 2. The summed E-state index contributed by atoms with van der Waals surface area (Å²) in [6.07, 6.45) is 5.77. The number of nitrogens with zero attached hydrogens (tertiary/aromatic N) is 4. The highest BCUT2D eigenvalue weighted by molar-refractivity contribution is 5.92. The van der Waals surface area contributed by atoms with Gasteiger partial charge in [-0.2, -0.15) is 0 Å². The maximum atomic E-state index is 12.3. The number of hydrogen-bond acceptors (Lipinski definition) is 4. The van der Waals surface area contributed by atoms with E-state index in [-0.39, 0.29) is 11.8 Å². The molecule has 0 radical (unpaired) electrons. The van der Waals surface area contributed by atoms with Gasteiger partial charge in [-0.3, -0.25) is 14.6 Å². The molecule has 2 aromatic rings. The van der Waals surface area contributed by atoms with E-state index in [4.69, 9.17) is 0 Å². The Labute approximate surface area is 141 Å². The quantitative estimate of drug-likeness (QED) is 0.852. The van der Waals surface area contributed by atoms with Crippen LogP contribution in [0.25, 0.3) is 0 Å². The molecule has 2 heterocycles. The van der Waals surface area contributed by atoms with Gasteiger partial charge in [0.05, 0.1) is 6.20 Å². The van der Waals surface area contributed by atoms with Gasteiger partial charge in [-0.05, 0) is 12.0 Å². The fraction of sp³-hybridized carbons (Fsp3) is 0.333. The molecule has 1 aliphatic heterocycles. The Morgan fingerprint density at radius 2 is 1.67 bits per heavy atom. The maximum absolute atomic E-state index is 12.3. The van der Waals surface area contributed by atoms with Gasteiger partial charge in [0.1, 0.15) is 5.69 Å². The molecule has 0 aliphatic carbocycles. The molecule has 1 aliphatic rings. The second kappa shape index (κ2) is 7.68. The minimum atomic E-state index is -0.125. The molecular weight excluding hydrogens is 304 g/mol. The fourth-order valence-electron chi connectivity index (χ4n) is 2.78. The van der Waals surface area contributed by atoms with E-state index < -0.39 is 0 Å². The molecule has 3 rings (SSSR count). The monoisotopic (exact) mass is 324 g/mol. The number of carbonyl (C=O) groups excluding carboxylic acids is 2. The van der Waals surface area contributed by atoms with Crippen molar-refractivity contribution in [3.05, 3.63) is 60.2 Å². The summed E-state index contributed by atoms with van der Waals surface area (Å²) < 4.78 is 0. The molecule has 24 heavy (non-hydrogen) atoms. The van der Waals surface area contributed by atoms with Gasteiger partial charge in [0, 0.05) is 45.0 Å². The van der Waals surface area contributed by atoms with E-state index in [1.54, 1.807) is 11.1 Å². The zero-order chi connectivity index (χ0) is 16.8. The van der Waals surface area contributed by atoms with Crippen molar-refractivity contribution in [3.8, 4) is 0 Å². The Bertz CT molecular complexity index is 683. The summed E-state index contributed by atoms with van der Waals surface area (Å²) >= 11 is 0. The van der Waals surface area contributed by atoms with Crippen LogP contribution >= 0.6 is 0 Å². The summed E-state index contributed by atoms with van der Waals surface area (Å²) in [7, 11) is 0. The lowest BCUT2D eigenvalue weighted by atomic mass is 10.1. The van der Waals surface area contributed by atoms with Crippen LogP contribution < -0.4 is 0 Å². The summed E-state index contributed by atoms with van der Waals surface area (Å²) in [5, 5.41) is 0. The highest BCUT2D eigenvalue weighted by atomic mass is 16.2. The van der Waals surface area contributed by atoms with Gasteiger partial charge in [0.2, 0.25) is 5.91 Å². The normalized spacial score (nSPS) is 14.5. The first kappa shape index (κ1) is 16.1. The van der Waals surface area contributed by atoms with Crippen LogP contribution in [0.15, 0.2) is 48.9 Å². The van der Waals surface area contributed by atoms with Gasteiger partial charge in [-0.25, -0.2) is 4.98 Å². The molecule has 1 aromatic heterocycles. The highest BCUT2D eigenvalue weighted by Gasteiger charge is 2.25. The fourth-order valence-corrected chi connectivity index (χ4v) is 2.78. The van der Waals surface area contributed by atoms with Crippen LogP contribution in [0.1, 0.15) is 22.5 Å². The Morgan fingerprint density at radius 1 is 0.958 bits per heavy atom. The minimum Gasteiger partial charge on any atom is -0.339 e. The van der Waals surface area contributed by atoms with Gasteiger partial charge < -0.3 is 9.80 Å². The van der Waals surface area contributed by atoms with Crippen LogP contribution in [-0.4, -0.2) is 57.8 Å². The molecule has 0 spiro atoms. The number of aryl methyl sites for hydroxylation is 1. The minimum absolute atomic E-state index is 0.125. The van der Waals surface area contributed by atoms with Crippen LogP contribution in [0.2, 0.25) is 0 Å². The molecule has 1 saturated heterocycles. The average Bonchev–Trinajstić information content (AvgIpc) is 2.67. The Morgan fingerprint density at radius 3 is 2.33 bits per heavy atom. The van der Waals surface area contributed by atoms with Crippen molar-refractivity contribution in [1.82, 2.24) is 19.8 Å². The van der Waals surface area contributed by atoms with E-state index in [0.717, 1.165) is 6.42 Å². The van der Waals surface area contributed by atoms with Gasteiger partial charge in [0.25, 0.3) is 5.91 Å². The van der Waals surface area contributed by atoms with Crippen LogP contribution in [0.5, 0.6) is 0 Å². The summed E-state index contributed by atoms with van der Waals surface area (Å²) in [4.78, 5) is 36.1. The van der Waals surface area contributed by atoms with Crippen molar-refractivity contribution in [2.45, 2.75) is 12.8 Å². The predicted molar refractivity (Wildman–Crippen MR) is 89.3 cm³/mol. The van der Waals surface area contributed by atoms with E-state index in [1.165, 1.54) is 18.0 Å². The number of rotatable bonds is 4. The summed E-state index contributed by atoms with van der Waals surface area (Å²) in [5.74, 6) is 0.0185. The highest BCUT2D eigenvalue weighted by Crippen LogP contribution is 2.09. The molecule has 6 heteroatoms. The van der Waals surface area contributed by atoms with Crippen LogP contribution in [0.3, 0.4) is 0 Å². The second-order valence-corrected chi connectivity index (χ2v) is 5.75. The number of piperazine rings is 1. The first-order valence-corrected chi connectivity index (χ1v) is 8.11. The van der Waals surface area contributed by atoms with E-state index >= 15 is 0 Å². The zero-order valence-corrected chi connectivity index (χ0v) is 13.5. The standard InChI is InChI=1S/C18H20N4O2/c23-17(7-6-15-4-2-1-3-5-15)21-10-12-22(13-11-21)18(24)16-14-19-8-9-20-16/h1-5,8-9,14H,6-7,10-13H2. The van der Waals surface area contributed by atoms with Gasteiger partial charge in [-0.1, -0.05) is 30.3 Å². The molecule has 124 valence electrons. The predicted octanol–water partition coefficient (Wildman–Crippen LogP) is 1.39. The molecular formula is C18H20N4O2. The summed E-state index contributed by atoms with van der Waals surface area (Å²) in [6, 6.07) is 10.0. The third-order valence-electron chi connectivity index (χ3n) is 4.17. The van der Waals surface area contributed by atoms with Crippen LogP contribution in [0.4, 0.5) is 0 Å². The number of aromatic nitrogens is 2. The Hall–Kier alpha value is -2.76. The molecule has 0 bridgehead atoms. The number of benzene rings is 1. The molecule has 1 aromatic carbocycles. The maximum Gasteiger partial charge on any atom is 0.274 e. The Kier molecular flexibility index (Phi) is 5.15. The lowest BCUT2D eigenvalue weighted by Gasteiger charge is -2.34. The van der Waals surface area contributed by atoms with Crippen molar-refractivity contribution in [2.24, 2.45) is 0 Å². The average molecular weight is 324 g/mol. The molecule has 0 unspecified atom stereocenters. The summed E-state index contributed by atoms with van der Waals surface area (Å²) in [6.45, 7) is 2.21. The molecule has 0 N–H and O–H groups in total. The van der Waals surface area contributed by atoms with Crippen molar-refractivity contribution in [2.75, 3.05) is 26.2 Å². The van der Waals surface area contributed by atoms with Gasteiger partial charge >= 0.3 is 0 Å². The smallest absolute Gasteiger partial charge is 0.274 e. The lowest BCUT2D eigenvalue weighted by Crippen LogP contribution is -2.50. The van der Waals surface area contributed by atoms with Crippen molar-refractivity contribution in [3.63, 3.8) is 0 Å². The van der Waals surface area contributed by atoms with Gasteiger partial charge in [-0.15, -0.1) is 0 Å². The number of carbonyl (C=O) groups is 2. The third-order valence-corrected chi connectivity index (χ3v) is 4.17. The molecule has 0 atom stereocenters. The van der Waals surface area contributed by atoms with Crippen molar-refractivity contribution < 1.29 is 9.59 Å². The van der Waals surface area contributed by atoms with E-state index in [9.17, 15) is 9.59 Å². The first-order valence-electron chi connectivity index (χ1n) is 8.11. The van der Waals surface area contributed by atoms with Gasteiger partial charge in [0.15, 0.2) is 0 Å². The van der Waals surface area contributed by atoms with E-state index in [1.807, 2.05) is 35.2 Å². The molecule has 2 amide bonds. The van der Waals surface area contributed by atoms with Crippen molar-refractivity contribution in [1.29, 1.82) is 0 Å². The zero-order valence-electron chi connectivity index (χ0n) is 13.5. The topological polar surface area (TPSA) is 66.4 Å². The Balaban J connectivity index is 1.48. The largest absolute Gasteiger partial charge is 0.339 e. The van der Waals surface area contributed by atoms with Crippen LogP contribution in [-0.2, 0) is 11.2 Å². The first-order chi connectivity index (χ1) is 11.7. The molecule has 1 fully saturated rings. The second-order valence-electron chi connectivity index (χ2n) is 5.75. The van der Waals surface area contributed by atoms with E-state index in [0.29, 0.717) is 38.3 Å². The third kappa shape index (κ3) is 3.95. The SMILES string of the molecule is O=C(CCc1ccccc1)N1CCN(C(=O)c2cnccn2)CC1. The van der Waals surface area contributed by atoms with Crippen molar-refractivity contribution >= 4 is 11.8 Å². The summed E-state index contributed by atoms with van der Waals surface area (Å²) in [5.41, 5.74) is 1.52. The molecule has 0 saturated carbocycles. The lowest BCUT2D eigenvalue weighted by molar-refractivity contribution is -0.132. The molecule has 6 nitrogen and oxygen atoms in total. The van der Waals surface area contributed by atoms with E-state index in [2.05, 4.69) is 9.97 Å².